The van der Waals surface area contributed by atoms with Gasteiger partial charge in [-0.1, -0.05) is 18.2 Å². The number of nitrogens with zero attached hydrogens (tertiary/aromatic N) is 2. The van der Waals surface area contributed by atoms with Crippen LogP contribution in [0.1, 0.15) is 29.6 Å². The van der Waals surface area contributed by atoms with E-state index < -0.39 is 0 Å². The molecule has 1 aliphatic rings. The van der Waals surface area contributed by atoms with E-state index in [4.69, 9.17) is 14.2 Å². The van der Waals surface area contributed by atoms with Crippen LogP contribution in [-0.4, -0.2) is 68.6 Å². The Morgan fingerprint density at radius 1 is 0.871 bits per heavy atom. The van der Waals surface area contributed by atoms with Crippen LogP contribution in [0.5, 0.6) is 17.2 Å². The number of ether oxygens (including phenoxy) is 3. The fourth-order valence-corrected chi connectivity index (χ4v) is 3.61. The molecule has 1 saturated heterocycles. The fraction of sp³-hybridized carbons (Fsp3) is 0.417. The number of benzene rings is 2. The van der Waals surface area contributed by atoms with Gasteiger partial charge in [0.05, 0.1) is 20.8 Å². The smallest absolute Gasteiger partial charge is 0.254 e. The third kappa shape index (κ3) is 6.13. The summed E-state index contributed by atoms with van der Waals surface area (Å²) < 4.78 is 16.2. The van der Waals surface area contributed by atoms with Crippen LogP contribution in [0.2, 0.25) is 0 Å². The molecule has 2 aromatic rings. The minimum absolute atomic E-state index is 0.0634. The van der Waals surface area contributed by atoms with Crippen LogP contribution in [-0.2, 0) is 4.79 Å². The topological polar surface area (TPSA) is 68.3 Å². The van der Waals surface area contributed by atoms with Crippen LogP contribution >= 0.6 is 0 Å². The van der Waals surface area contributed by atoms with E-state index in [-0.39, 0.29) is 11.8 Å². The van der Waals surface area contributed by atoms with Gasteiger partial charge >= 0.3 is 0 Å². The van der Waals surface area contributed by atoms with Crippen LogP contribution in [0.3, 0.4) is 0 Å². The Morgan fingerprint density at radius 2 is 1.58 bits per heavy atom. The number of hydrogen-bond acceptors (Lipinski definition) is 5. The normalized spacial score (nSPS) is 14.0. The summed E-state index contributed by atoms with van der Waals surface area (Å²) in [7, 11) is 3.11. The second kappa shape index (κ2) is 11.2. The summed E-state index contributed by atoms with van der Waals surface area (Å²) in [6.45, 7) is 2.84. The Morgan fingerprint density at radius 3 is 2.32 bits per heavy atom. The van der Waals surface area contributed by atoms with Gasteiger partial charge in [0, 0.05) is 38.2 Å². The van der Waals surface area contributed by atoms with Gasteiger partial charge in [-0.2, -0.15) is 0 Å². The number of methoxy groups -OCH3 is 2. The Hall–Kier alpha value is -3.22. The minimum atomic E-state index is -0.0634. The monoisotopic (exact) mass is 426 g/mol. The second-order valence-electron chi connectivity index (χ2n) is 7.36. The maximum atomic E-state index is 13.0. The molecule has 31 heavy (non-hydrogen) atoms. The lowest BCUT2D eigenvalue weighted by molar-refractivity contribution is -0.131. The Bertz CT molecular complexity index is 872. The molecule has 0 unspecified atom stereocenters. The number of para-hydroxylation sites is 1. The molecule has 3 rings (SSSR count). The summed E-state index contributed by atoms with van der Waals surface area (Å²) in [6, 6.07) is 14.8. The van der Waals surface area contributed by atoms with Crippen molar-refractivity contribution < 1.29 is 23.8 Å². The first-order valence-electron chi connectivity index (χ1n) is 10.6. The highest BCUT2D eigenvalue weighted by molar-refractivity contribution is 5.95. The summed E-state index contributed by atoms with van der Waals surface area (Å²) in [6.07, 6.45) is 1.86. The largest absolute Gasteiger partial charge is 0.494 e. The van der Waals surface area contributed by atoms with Gasteiger partial charge in [-0.05, 0) is 43.2 Å². The third-order valence-electron chi connectivity index (χ3n) is 5.31. The third-order valence-corrected chi connectivity index (χ3v) is 5.31. The van der Waals surface area contributed by atoms with Crippen molar-refractivity contribution in [2.45, 2.75) is 19.3 Å². The number of rotatable bonds is 8. The highest BCUT2D eigenvalue weighted by Gasteiger charge is 2.23. The zero-order chi connectivity index (χ0) is 22.1. The average molecular weight is 427 g/mol. The van der Waals surface area contributed by atoms with Gasteiger partial charge in [0.15, 0.2) is 11.5 Å². The fourth-order valence-electron chi connectivity index (χ4n) is 3.61. The maximum absolute atomic E-state index is 13.0. The van der Waals surface area contributed by atoms with E-state index in [9.17, 15) is 9.59 Å². The lowest BCUT2D eigenvalue weighted by atomic mass is 10.1. The Balaban J connectivity index is 1.48. The molecular formula is C24H30N2O5. The molecule has 2 amide bonds. The molecule has 1 fully saturated rings. The summed E-state index contributed by atoms with van der Waals surface area (Å²) in [5.74, 6) is 1.97. The van der Waals surface area contributed by atoms with Crippen molar-refractivity contribution in [1.29, 1.82) is 0 Å². The van der Waals surface area contributed by atoms with Gasteiger partial charge in [-0.25, -0.2) is 0 Å². The van der Waals surface area contributed by atoms with Gasteiger partial charge in [-0.15, -0.1) is 0 Å². The lowest BCUT2D eigenvalue weighted by Gasteiger charge is -2.22. The van der Waals surface area contributed by atoms with E-state index in [1.165, 1.54) is 0 Å². The number of hydrogen-bond donors (Lipinski definition) is 0. The lowest BCUT2D eigenvalue weighted by Crippen LogP contribution is -2.37. The van der Waals surface area contributed by atoms with E-state index >= 15 is 0 Å². The molecular weight excluding hydrogens is 396 g/mol. The molecule has 7 nitrogen and oxygen atoms in total. The van der Waals surface area contributed by atoms with Crippen molar-refractivity contribution in [2.75, 3.05) is 47.0 Å². The Kier molecular flexibility index (Phi) is 8.15. The molecule has 0 atom stereocenters. The van der Waals surface area contributed by atoms with Gasteiger partial charge in [-0.3, -0.25) is 9.59 Å². The molecule has 0 saturated carbocycles. The highest BCUT2D eigenvalue weighted by Crippen LogP contribution is 2.28. The minimum Gasteiger partial charge on any atom is -0.494 e. The molecule has 1 aliphatic heterocycles. The van der Waals surface area contributed by atoms with E-state index in [2.05, 4.69) is 0 Å². The maximum Gasteiger partial charge on any atom is 0.254 e. The van der Waals surface area contributed by atoms with Crippen molar-refractivity contribution in [1.82, 2.24) is 9.80 Å². The van der Waals surface area contributed by atoms with Crippen molar-refractivity contribution in [2.24, 2.45) is 0 Å². The molecule has 0 N–H and O–H groups in total. The Labute approximate surface area is 183 Å². The van der Waals surface area contributed by atoms with E-state index in [1.54, 1.807) is 37.3 Å². The number of amides is 2. The van der Waals surface area contributed by atoms with Gasteiger partial charge in [0.25, 0.3) is 5.91 Å². The van der Waals surface area contributed by atoms with Crippen molar-refractivity contribution in [3.63, 3.8) is 0 Å². The summed E-state index contributed by atoms with van der Waals surface area (Å²) in [5, 5.41) is 0. The van der Waals surface area contributed by atoms with Gasteiger partial charge in [0.1, 0.15) is 5.75 Å². The molecule has 1 heterocycles. The van der Waals surface area contributed by atoms with Crippen LogP contribution < -0.4 is 14.2 Å². The zero-order valence-corrected chi connectivity index (χ0v) is 18.2. The van der Waals surface area contributed by atoms with Crippen LogP contribution in [0, 0.1) is 0 Å². The quantitative estimate of drug-likeness (QED) is 0.606. The second-order valence-corrected chi connectivity index (χ2v) is 7.36. The standard InChI is InChI=1S/C24H30N2O5/c1-29-21-12-11-19(18-22(21)30-2)24(28)26-14-7-13-25(15-16-26)23(27)10-6-17-31-20-8-4-3-5-9-20/h3-5,8-9,11-12,18H,6-7,10,13-17H2,1-2H3. The van der Waals surface area contributed by atoms with Crippen molar-refractivity contribution >= 4 is 11.8 Å². The first kappa shape index (κ1) is 22.5. The summed E-state index contributed by atoms with van der Waals surface area (Å²) in [4.78, 5) is 29.2. The molecule has 0 spiro atoms. The van der Waals surface area contributed by atoms with E-state index in [0.717, 1.165) is 12.2 Å². The molecule has 0 radical (unpaired) electrons. The number of carbonyl (C=O) groups is 2. The summed E-state index contributed by atoms with van der Waals surface area (Å²) >= 11 is 0. The van der Waals surface area contributed by atoms with Crippen molar-refractivity contribution in [3.05, 3.63) is 54.1 Å². The van der Waals surface area contributed by atoms with Gasteiger partial charge in [0.2, 0.25) is 5.91 Å². The van der Waals surface area contributed by atoms with Crippen LogP contribution in [0.4, 0.5) is 0 Å². The first-order chi connectivity index (χ1) is 15.1. The molecule has 0 bridgehead atoms. The highest BCUT2D eigenvalue weighted by atomic mass is 16.5. The summed E-state index contributed by atoms with van der Waals surface area (Å²) in [5.41, 5.74) is 0.551. The van der Waals surface area contributed by atoms with Crippen LogP contribution in [0.25, 0.3) is 0 Å². The molecule has 7 heteroatoms. The molecule has 2 aromatic carbocycles. The average Bonchev–Trinajstić information content (AvgIpc) is 3.08. The van der Waals surface area contributed by atoms with Gasteiger partial charge < -0.3 is 24.0 Å². The van der Waals surface area contributed by atoms with Crippen molar-refractivity contribution in [3.8, 4) is 17.2 Å². The SMILES string of the molecule is COc1ccc(C(=O)N2CCCN(C(=O)CCCOc3ccccc3)CC2)cc1OC. The van der Waals surface area contributed by atoms with E-state index in [1.807, 2.05) is 35.2 Å². The predicted octanol–water partition coefficient (Wildman–Crippen LogP) is 3.24. The number of carbonyl (C=O) groups excluding carboxylic acids is 2. The van der Waals surface area contributed by atoms with Crippen LogP contribution in [0.15, 0.2) is 48.5 Å². The predicted molar refractivity (Wildman–Crippen MR) is 118 cm³/mol. The molecule has 0 aromatic heterocycles. The first-order valence-corrected chi connectivity index (χ1v) is 10.6. The van der Waals surface area contributed by atoms with E-state index in [0.29, 0.717) is 62.7 Å². The molecule has 166 valence electrons. The zero-order valence-electron chi connectivity index (χ0n) is 18.2. The molecule has 0 aliphatic carbocycles.